The van der Waals surface area contributed by atoms with E-state index in [0.717, 1.165) is 25.9 Å². The molecular formula is C17H25N3O. The molecule has 1 atom stereocenters. The van der Waals surface area contributed by atoms with Crippen LogP contribution in [0.2, 0.25) is 0 Å². The zero-order valence-electron chi connectivity index (χ0n) is 13.0. The summed E-state index contributed by atoms with van der Waals surface area (Å²) in [6.45, 7) is 5.88. The van der Waals surface area contributed by atoms with Crippen molar-refractivity contribution in [2.45, 2.75) is 51.6 Å². The van der Waals surface area contributed by atoms with Crippen molar-refractivity contribution in [2.75, 3.05) is 23.3 Å². The third kappa shape index (κ3) is 3.31. The Hall–Kier alpha value is -1.71. The van der Waals surface area contributed by atoms with E-state index in [4.69, 9.17) is 0 Å². The number of nitrogens with one attached hydrogen (secondary N) is 2. The Morgan fingerprint density at radius 1 is 1.29 bits per heavy atom. The lowest BCUT2D eigenvalue weighted by molar-refractivity contribution is -0.119. The zero-order valence-corrected chi connectivity index (χ0v) is 13.0. The number of hydrogen-bond donors (Lipinski definition) is 2. The summed E-state index contributed by atoms with van der Waals surface area (Å²) in [6.07, 6.45) is 4.44. The molecule has 0 aromatic heterocycles. The number of anilines is 2. The minimum atomic E-state index is 0.0856. The number of nitrogens with zero attached hydrogens (tertiary/aromatic N) is 1. The lowest BCUT2D eigenvalue weighted by Gasteiger charge is -2.35. The largest absolute Gasteiger partial charge is 0.382 e. The first-order chi connectivity index (χ1) is 10.1. The second kappa shape index (κ2) is 5.96. The van der Waals surface area contributed by atoms with Crippen LogP contribution >= 0.6 is 0 Å². The van der Waals surface area contributed by atoms with E-state index >= 15 is 0 Å². The van der Waals surface area contributed by atoms with E-state index in [9.17, 15) is 4.79 Å². The summed E-state index contributed by atoms with van der Waals surface area (Å²) in [5, 5.41) is 6.59. The van der Waals surface area contributed by atoms with Gasteiger partial charge in [-0.2, -0.15) is 0 Å². The molecule has 1 aromatic rings. The highest BCUT2D eigenvalue weighted by Crippen LogP contribution is 2.30. The van der Waals surface area contributed by atoms with Gasteiger partial charge in [0.1, 0.15) is 0 Å². The van der Waals surface area contributed by atoms with Crippen molar-refractivity contribution in [1.82, 2.24) is 5.32 Å². The number of fused-ring (bicyclic) bond motifs is 1. The van der Waals surface area contributed by atoms with Crippen LogP contribution in [-0.4, -0.2) is 31.1 Å². The van der Waals surface area contributed by atoms with E-state index in [0.29, 0.717) is 12.1 Å². The summed E-state index contributed by atoms with van der Waals surface area (Å²) >= 11 is 0. The van der Waals surface area contributed by atoms with Crippen LogP contribution in [0.1, 0.15) is 38.7 Å². The lowest BCUT2D eigenvalue weighted by Crippen LogP contribution is -2.44. The molecule has 2 aliphatic heterocycles. The Balaban J connectivity index is 1.65. The Morgan fingerprint density at radius 2 is 2.05 bits per heavy atom. The molecule has 3 rings (SSSR count). The van der Waals surface area contributed by atoms with Crippen molar-refractivity contribution in [2.24, 2.45) is 0 Å². The lowest BCUT2D eigenvalue weighted by atomic mass is 9.97. The number of carbonyl (C=O) groups excluding carboxylic acids is 1. The van der Waals surface area contributed by atoms with Crippen molar-refractivity contribution in [1.29, 1.82) is 0 Å². The average Bonchev–Trinajstić information content (AvgIpc) is 2.47. The molecule has 0 spiro atoms. The maximum absolute atomic E-state index is 11.1. The Morgan fingerprint density at radius 3 is 2.76 bits per heavy atom. The number of carbonyl (C=O) groups is 1. The minimum absolute atomic E-state index is 0.0856. The molecule has 114 valence electrons. The van der Waals surface area contributed by atoms with Crippen molar-refractivity contribution in [3.05, 3.63) is 23.8 Å². The standard InChI is InChI=1S/C17H25N3O/c1-12-3-4-14-11-16(5-6-17(14)18-12)20-9-7-15(8-10-20)19-13(2)21/h5-6,11-12,15,18H,3-4,7-10H2,1-2H3,(H,19,21). The first-order valence-electron chi connectivity index (χ1n) is 8.03. The quantitative estimate of drug-likeness (QED) is 0.878. The van der Waals surface area contributed by atoms with Gasteiger partial charge in [0, 0.05) is 43.5 Å². The molecule has 1 unspecified atom stereocenters. The van der Waals surface area contributed by atoms with Crippen LogP contribution in [-0.2, 0) is 11.2 Å². The fourth-order valence-electron chi connectivity index (χ4n) is 3.40. The molecule has 1 aromatic carbocycles. The fraction of sp³-hybridized carbons (Fsp3) is 0.588. The number of aryl methyl sites for hydroxylation is 1. The van der Waals surface area contributed by atoms with Gasteiger partial charge < -0.3 is 15.5 Å². The molecule has 4 nitrogen and oxygen atoms in total. The Bertz CT molecular complexity index is 521. The van der Waals surface area contributed by atoms with Gasteiger partial charge in [-0.25, -0.2) is 0 Å². The van der Waals surface area contributed by atoms with Gasteiger partial charge in [-0.1, -0.05) is 0 Å². The van der Waals surface area contributed by atoms with Gasteiger partial charge in [-0.05, 0) is 56.4 Å². The molecule has 2 N–H and O–H groups in total. The number of amides is 1. The van der Waals surface area contributed by atoms with E-state index < -0.39 is 0 Å². The van der Waals surface area contributed by atoms with E-state index in [2.05, 4.69) is 40.7 Å². The maximum atomic E-state index is 11.1. The van der Waals surface area contributed by atoms with Gasteiger partial charge in [-0.15, -0.1) is 0 Å². The number of hydrogen-bond acceptors (Lipinski definition) is 3. The SMILES string of the molecule is CC(=O)NC1CCN(c2ccc3c(c2)CCC(C)N3)CC1. The molecule has 0 aliphatic carbocycles. The molecule has 1 fully saturated rings. The topological polar surface area (TPSA) is 44.4 Å². The van der Waals surface area contributed by atoms with Gasteiger partial charge in [0.2, 0.25) is 5.91 Å². The summed E-state index contributed by atoms with van der Waals surface area (Å²) in [4.78, 5) is 13.6. The maximum Gasteiger partial charge on any atom is 0.217 e. The van der Waals surface area contributed by atoms with Crippen LogP contribution in [0.4, 0.5) is 11.4 Å². The molecule has 1 amide bonds. The molecule has 0 bridgehead atoms. The summed E-state index contributed by atoms with van der Waals surface area (Å²) in [7, 11) is 0. The third-order valence-corrected chi connectivity index (χ3v) is 4.60. The van der Waals surface area contributed by atoms with E-state index in [1.54, 1.807) is 6.92 Å². The van der Waals surface area contributed by atoms with Crippen LogP contribution < -0.4 is 15.5 Å². The summed E-state index contributed by atoms with van der Waals surface area (Å²) in [6, 6.07) is 7.71. The van der Waals surface area contributed by atoms with Crippen molar-refractivity contribution >= 4 is 17.3 Å². The summed E-state index contributed by atoms with van der Waals surface area (Å²) < 4.78 is 0. The number of benzene rings is 1. The van der Waals surface area contributed by atoms with E-state index in [1.807, 2.05) is 0 Å². The van der Waals surface area contributed by atoms with Gasteiger partial charge in [0.15, 0.2) is 0 Å². The zero-order chi connectivity index (χ0) is 14.8. The first-order valence-corrected chi connectivity index (χ1v) is 8.03. The summed E-state index contributed by atoms with van der Waals surface area (Å²) in [5.41, 5.74) is 4.06. The van der Waals surface area contributed by atoms with Gasteiger partial charge in [0.25, 0.3) is 0 Å². The highest BCUT2D eigenvalue weighted by molar-refractivity contribution is 5.73. The predicted molar refractivity (Wildman–Crippen MR) is 86.9 cm³/mol. The van der Waals surface area contributed by atoms with Crippen molar-refractivity contribution < 1.29 is 4.79 Å². The fourth-order valence-corrected chi connectivity index (χ4v) is 3.40. The molecule has 0 saturated carbocycles. The van der Waals surface area contributed by atoms with E-state index in [1.165, 1.54) is 29.8 Å². The van der Waals surface area contributed by atoms with Gasteiger partial charge >= 0.3 is 0 Å². The molecular weight excluding hydrogens is 262 g/mol. The number of piperidine rings is 1. The third-order valence-electron chi connectivity index (χ3n) is 4.60. The average molecular weight is 287 g/mol. The Labute approximate surface area is 126 Å². The van der Waals surface area contributed by atoms with Gasteiger partial charge in [0.05, 0.1) is 0 Å². The van der Waals surface area contributed by atoms with Crippen LogP contribution in [0.5, 0.6) is 0 Å². The molecule has 0 radical (unpaired) electrons. The molecule has 4 heteroatoms. The second-order valence-electron chi connectivity index (χ2n) is 6.39. The first kappa shape index (κ1) is 14.2. The van der Waals surface area contributed by atoms with Crippen molar-refractivity contribution in [3.8, 4) is 0 Å². The monoisotopic (exact) mass is 287 g/mol. The van der Waals surface area contributed by atoms with Gasteiger partial charge in [-0.3, -0.25) is 4.79 Å². The molecule has 2 aliphatic rings. The predicted octanol–water partition coefficient (Wildman–Crippen LogP) is 2.54. The summed E-state index contributed by atoms with van der Waals surface area (Å²) in [5.74, 6) is 0.0856. The minimum Gasteiger partial charge on any atom is -0.382 e. The Kier molecular flexibility index (Phi) is 4.04. The highest BCUT2D eigenvalue weighted by atomic mass is 16.1. The molecule has 2 heterocycles. The second-order valence-corrected chi connectivity index (χ2v) is 6.39. The highest BCUT2D eigenvalue weighted by Gasteiger charge is 2.21. The molecule has 1 saturated heterocycles. The van der Waals surface area contributed by atoms with Crippen LogP contribution in [0.3, 0.4) is 0 Å². The normalized spacial score (nSPS) is 22.4. The van der Waals surface area contributed by atoms with E-state index in [-0.39, 0.29) is 5.91 Å². The van der Waals surface area contributed by atoms with Crippen LogP contribution in [0, 0.1) is 0 Å². The van der Waals surface area contributed by atoms with Crippen LogP contribution in [0.25, 0.3) is 0 Å². The smallest absolute Gasteiger partial charge is 0.217 e. The number of rotatable bonds is 2. The molecule has 21 heavy (non-hydrogen) atoms. The van der Waals surface area contributed by atoms with Crippen LogP contribution in [0.15, 0.2) is 18.2 Å². The van der Waals surface area contributed by atoms with Crippen molar-refractivity contribution in [3.63, 3.8) is 0 Å².